The van der Waals surface area contributed by atoms with Crippen molar-refractivity contribution >= 4 is 17.2 Å². The molecule has 26 heavy (non-hydrogen) atoms. The number of hydrogen-bond acceptors (Lipinski definition) is 5. The van der Waals surface area contributed by atoms with Gasteiger partial charge in [0.2, 0.25) is 11.8 Å². The molecular formula is C20H29N3O2S. The molecule has 6 heteroatoms. The van der Waals surface area contributed by atoms with Gasteiger partial charge in [0.05, 0.1) is 10.6 Å². The smallest absolute Gasteiger partial charge is 0.236 e. The van der Waals surface area contributed by atoms with Gasteiger partial charge in [0, 0.05) is 30.4 Å². The number of aromatic nitrogens is 1. The van der Waals surface area contributed by atoms with Crippen LogP contribution in [0.4, 0.5) is 0 Å². The molecule has 142 valence electrons. The molecule has 2 aromatic heterocycles. The van der Waals surface area contributed by atoms with E-state index in [2.05, 4.69) is 37.8 Å². The number of piperidine rings is 1. The first-order valence-electron chi connectivity index (χ1n) is 9.56. The molecule has 0 radical (unpaired) electrons. The fourth-order valence-electron chi connectivity index (χ4n) is 3.57. The number of oxazole rings is 1. The Hall–Kier alpha value is -1.66. The van der Waals surface area contributed by atoms with Crippen LogP contribution in [0.1, 0.15) is 43.0 Å². The molecule has 0 spiro atoms. The van der Waals surface area contributed by atoms with E-state index in [1.165, 1.54) is 4.88 Å². The second-order valence-corrected chi connectivity index (χ2v) is 8.28. The van der Waals surface area contributed by atoms with E-state index < -0.39 is 0 Å². The SMILES string of the molecule is CCN(CC)C(=O)C1CCN(Cc2nc(-c3ccc(C)s3)oc2C)CC1. The van der Waals surface area contributed by atoms with Crippen LogP contribution in [0.3, 0.4) is 0 Å². The third-order valence-corrected chi connectivity index (χ3v) is 6.22. The fourth-order valence-corrected chi connectivity index (χ4v) is 4.37. The number of rotatable bonds is 6. The van der Waals surface area contributed by atoms with Gasteiger partial charge in [-0.25, -0.2) is 4.98 Å². The Balaban J connectivity index is 1.58. The summed E-state index contributed by atoms with van der Waals surface area (Å²) in [5.74, 6) is 2.12. The first-order chi connectivity index (χ1) is 12.5. The number of amides is 1. The first-order valence-corrected chi connectivity index (χ1v) is 10.4. The van der Waals surface area contributed by atoms with Crippen molar-refractivity contribution in [3.8, 4) is 10.8 Å². The molecule has 0 aromatic carbocycles. The van der Waals surface area contributed by atoms with Gasteiger partial charge in [-0.2, -0.15) is 0 Å². The minimum atomic E-state index is 0.175. The average molecular weight is 376 g/mol. The van der Waals surface area contributed by atoms with E-state index in [0.717, 1.165) is 67.8 Å². The van der Waals surface area contributed by atoms with Crippen LogP contribution in [0.25, 0.3) is 10.8 Å². The zero-order valence-electron chi connectivity index (χ0n) is 16.2. The highest BCUT2D eigenvalue weighted by Crippen LogP contribution is 2.29. The predicted molar refractivity (Wildman–Crippen MR) is 105 cm³/mol. The number of likely N-dealkylation sites (tertiary alicyclic amines) is 1. The average Bonchev–Trinajstić information content (AvgIpc) is 3.23. The van der Waals surface area contributed by atoms with Crippen LogP contribution in [0.5, 0.6) is 0 Å². The Labute approximate surface area is 160 Å². The van der Waals surface area contributed by atoms with Gasteiger partial charge in [-0.05, 0) is 65.8 Å². The van der Waals surface area contributed by atoms with Crippen LogP contribution in [0.15, 0.2) is 16.5 Å². The molecule has 0 unspecified atom stereocenters. The summed E-state index contributed by atoms with van der Waals surface area (Å²) in [5, 5.41) is 0. The lowest BCUT2D eigenvalue weighted by molar-refractivity contribution is -0.136. The molecule has 1 aliphatic heterocycles. The Kier molecular flexibility index (Phi) is 6.14. The van der Waals surface area contributed by atoms with E-state index in [1.54, 1.807) is 11.3 Å². The number of hydrogen-bond donors (Lipinski definition) is 0. The lowest BCUT2D eigenvalue weighted by atomic mass is 9.95. The maximum Gasteiger partial charge on any atom is 0.236 e. The first kappa shape index (κ1) is 19.1. The number of aryl methyl sites for hydroxylation is 2. The third kappa shape index (κ3) is 4.18. The lowest BCUT2D eigenvalue weighted by Gasteiger charge is -2.33. The van der Waals surface area contributed by atoms with Crippen LogP contribution in [0, 0.1) is 19.8 Å². The Bertz CT molecular complexity index is 740. The summed E-state index contributed by atoms with van der Waals surface area (Å²) < 4.78 is 5.89. The molecule has 5 nitrogen and oxygen atoms in total. The second-order valence-electron chi connectivity index (χ2n) is 6.99. The largest absolute Gasteiger partial charge is 0.440 e. The van der Waals surface area contributed by atoms with Crippen LogP contribution < -0.4 is 0 Å². The van der Waals surface area contributed by atoms with Gasteiger partial charge in [-0.3, -0.25) is 9.69 Å². The van der Waals surface area contributed by atoms with Gasteiger partial charge in [-0.15, -0.1) is 11.3 Å². The maximum absolute atomic E-state index is 12.5. The monoisotopic (exact) mass is 375 g/mol. The number of nitrogens with zero attached hydrogens (tertiary/aromatic N) is 3. The standard InChI is InChI=1S/C20H29N3O2S/c1-5-23(6-2)20(24)16-9-11-22(12-10-16)13-17-15(4)25-19(21-17)18-8-7-14(3)26-18/h7-8,16H,5-6,9-13H2,1-4H3. The summed E-state index contributed by atoms with van der Waals surface area (Å²) in [6, 6.07) is 4.16. The number of carbonyl (C=O) groups excluding carboxylic acids is 1. The second kappa shape index (κ2) is 8.35. The molecule has 1 aliphatic rings. The van der Waals surface area contributed by atoms with E-state index >= 15 is 0 Å². The quantitative estimate of drug-likeness (QED) is 0.763. The summed E-state index contributed by atoms with van der Waals surface area (Å²) in [6.45, 7) is 12.5. The van der Waals surface area contributed by atoms with Crippen LogP contribution in [-0.4, -0.2) is 46.9 Å². The highest BCUT2D eigenvalue weighted by atomic mass is 32.1. The highest BCUT2D eigenvalue weighted by Gasteiger charge is 2.28. The summed E-state index contributed by atoms with van der Waals surface area (Å²) in [6.07, 6.45) is 1.87. The molecule has 0 bridgehead atoms. The topological polar surface area (TPSA) is 49.6 Å². The van der Waals surface area contributed by atoms with Crippen molar-refractivity contribution in [1.82, 2.24) is 14.8 Å². The summed E-state index contributed by atoms with van der Waals surface area (Å²) in [5.41, 5.74) is 1.01. The Morgan fingerprint density at radius 2 is 1.96 bits per heavy atom. The molecule has 0 aliphatic carbocycles. The van der Waals surface area contributed by atoms with E-state index in [0.29, 0.717) is 5.91 Å². The zero-order valence-corrected chi connectivity index (χ0v) is 17.1. The molecule has 1 amide bonds. The number of carbonyl (C=O) groups is 1. The summed E-state index contributed by atoms with van der Waals surface area (Å²) in [4.78, 5) is 23.9. The molecule has 3 heterocycles. The molecule has 0 N–H and O–H groups in total. The number of thiophene rings is 1. The molecule has 0 atom stereocenters. The van der Waals surface area contributed by atoms with Crippen molar-refractivity contribution in [3.05, 3.63) is 28.5 Å². The van der Waals surface area contributed by atoms with Crippen molar-refractivity contribution in [2.75, 3.05) is 26.2 Å². The van der Waals surface area contributed by atoms with Crippen molar-refractivity contribution < 1.29 is 9.21 Å². The molecule has 2 aromatic rings. The predicted octanol–water partition coefficient (Wildman–Crippen LogP) is 4.10. The van der Waals surface area contributed by atoms with E-state index in [1.807, 2.05) is 11.8 Å². The molecule has 3 rings (SSSR count). The Morgan fingerprint density at radius 3 is 2.54 bits per heavy atom. The lowest BCUT2D eigenvalue weighted by Crippen LogP contribution is -2.42. The summed E-state index contributed by atoms with van der Waals surface area (Å²) in [7, 11) is 0. The maximum atomic E-state index is 12.5. The molecular weight excluding hydrogens is 346 g/mol. The van der Waals surface area contributed by atoms with Gasteiger partial charge in [0.1, 0.15) is 5.76 Å². The third-order valence-electron chi connectivity index (χ3n) is 5.23. The van der Waals surface area contributed by atoms with E-state index in [-0.39, 0.29) is 5.92 Å². The van der Waals surface area contributed by atoms with Crippen LogP contribution in [0.2, 0.25) is 0 Å². The fraction of sp³-hybridized carbons (Fsp3) is 0.600. The van der Waals surface area contributed by atoms with Gasteiger partial charge in [-0.1, -0.05) is 0 Å². The molecule has 0 saturated carbocycles. The minimum Gasteiger partial charge on any atom is -0.440 e. The van der Waals surface area contributed by atoms with Crippen LogP contribution in [-0.2, 0) is 11.3 Å². The van der Waals surface area contributed by atoms with Gasteiger partial charge in [0.15, 0.2) is 0 Å². The molecule has 1 fully saturated rings. The molecule has 1 saturated heterocycles. The van der Waals surface area contributed by atoms with E-state index in [9.17, 15) is 4.79 Å². The van der Waals surface area contributed by atoms with Crippen molar-refractivity contribution in [3.63, 3.8) is 0 Å². The summed E-state index contributed by atoms with van der Waals surface area (Å²) >= 11 is 1.71. The van der Waals surface area contributed by atoms with Crippen molar-refractivity contribution in [2.24, 2.45) is 5.92 Å². The zero-order chi connectivity index (χ0) is 18.7. The minimum absolute atomic E-state index is 0.175. The van der Waals surface area contributed by atoms with Gasteiger partial charge in [0.25, 0.3) is 0 Å². The Morgan fingerprint density at radius 1 is 1.27 bits per heavy atom. The highest BCUT2D eigenvalue weighted by molar-refractivity contribution is 7.15. The normalized spacial score (nSPS) is 16.2. The van der Waals surface area contributed by atoms with Gasteiger partial charge < -0.3 is 9.32 Å². The van der Waals surface area contributed by atoms with Crippen molar-refractivity contribution in [1.29, 1.82) is 0 Å². The van der Waals surface area contributed by atoms with Gasteiger partial charge >= 0.3 is 0 Å². The van der Waals surface area contributed by atoms with Crippen molar-refractivity contribution in [2.45, 2.75) is 47.1 Å². The van der Waals surface area contributed by atoms with E-state index in [4.69, 9.17) is 9.40 Å². The van der Waals surface area contributed by atoms with Crippen LogP contribution >= 0.6 is 11.3 Å².